The van der Waals surface area contributed by atoms with Crippen LogP contribution in [0.15, 0.2) is 72.0 Å². The number of carbonyl (C=O) groups excluding carboxylic acids is 1. The molecule has 3 aromatic rings. The number of rotatable bonds is 10. The normalized spacial score (nSPS) is 12.1. The highest BCUT2D eigenvalue weighted by Crippen LogP contribution is 2.31. The summed E-state index contributed by atoms with van der Waals surface area (Å²) < 4.78 is 7.13. The van der Waals surface area contributed by atoms with Crippen LogP contribution in [0.1, 0.15) is 43.0 Å². The molecule has 0 radical (unpaired) electrons. The van der Waals surface area contributed by atoms with Crippen LogP contribution in [0.25, 0.3) is 0 Å². The van der Waals surface area contributed by atoms with E-state index in [0.29, 0.717) is 13.2 Å². The minimum atomic E-state index is -0.364. The first kappa shape index (κ1) is 22.1. The van der Waals surface area contributed by atoms with E-state index in [1.807, 2.05) is 23.6 Å². The Morgan fingerprint density at radius 1 is 1.10 bits per heavy atom. The Bertz CT molecular complexity index is 889. The van der Waals surface area contributed by atoms with Crippen molar-refractivity contribution < 1.29 is 14.6 Å². The van der Waals surface area contributed by atoms with Crippen molar-refractivity contribution in [2.24, 2.45) is 0 Å². The van der Waals surface area contributed by atoms with Gasteiger partial charge in [0.05, 0.1) is 25.1 Å². The lowest BCUT2D eigenvalue weighted by Crippen LogP contribution is -2.18. The van der Waals surface area contributed by atoms with Crippen molar-refractivity contribution >= 4 is 17.7 Å². The van der Waals surface area contributed by atoms with Gasteiger partial charge in [-0.2, -0.15) is 0 Å². The highest BCUT2D eigenvalue weighted by molar-refractivity contribution is 8.00. The van der Waals surface area contributed by atoms with Crippen LogP contribution in [0.3, 0.4) is 0 Å². The number of aliphatic hydroxyl groups excluding tert-OH is 1. The van der Waals surface area contributed by atoms with Crippen molar-refractivity contribution in [3.05, 3.63) is 83.7 Å². The monoisotopic (exact) mass is 424 g/mol. The molecule has 1 atom stereocenters. The maximum Gasteiger partial charge on any atom is 0.319 e. The van der Waals surface area contributed by atoms with E-state index >= 15 is 0 Å². The molecule has 30 heavy (non-hydrogen) atoms. The minimum Gasteiger partial charge on any atom is -0.465 e. The van der Waals surface area contributed by atoms with E-state index in [0.717, 1.165) is 17.3 Å². The molecule has 0 aliphatic carbocycles. The maximum atomic E-state index is 12.0. The summed E-state index contributed by atoms with van der Waals surface area (Å²) in [6.45, 7) is 4.56. The zero-order chi connectivity index (χ0) is 21.3. The second-order valence-electron chi connectivity index (χ2n) is 7.02. The smallest absolute Gasteiger partial charge is 0.319 e. The number of aromatic nitrogens is 2. The number of nitrogens with zero attached hydrogens (tertiary/aromatic N) is 2. The number of thioether (sulfide) groups is 1. The first-order valence-corrected chi connectivity index (χ1v) is 11.1. The number of hydrogen-bond donors (Lipinski definition) is 1. The van der Waals surface area contributed by atoms with Gasteiger partial charge in [-0.15, -0.1) is 0 Å². The zero-order valence-corrected chi connectivity index (χ0v) is 18.2. The van der Waals surface area contributed by atoms with Gasteiger partial charge in [0.25, 0.3) is 0 Å². The molecule has 0 amide bonds. The van der Waals surface area contributed by atoms with Crippen LogP contribution in [0.2, 0.25) is 0 Å². The molecule has 0 spiro atoms. The van der Waals surface area contributed by atoms with Gasteiger partial charge in [-0.3, -0.25) is 4.79 Å². The number of ether oxygens (including phenoxy) is 1. The Hall–Kier alpha value is -2.57. The molecule has 0 aliphatic heterocycles. The van der Waals surface area contributed by atoms with Gasteiger partial charge in [-0.05, 0) is 31.4 Å². The third-order valence-corrected chi connectivity index (χ3v) is 6.09. The predicted octanol–water partition coefficient (Wildman–Crippen LogP) is 4.64. The summed E-state index contributed by atoms with van der Waals surface area (Å²) >= 11 is 1.36. The molecule has 2 aromatic carbocycles. The average molecular weight is 425 g/mol. The lowest BCUT2D eigenvalue weighted by atomic mass is 9.88. The molecule has 5 nitrogen and oxygen atoms in total. The number of aliphatic hydroxyl groups is 1. The molecule has 0 aliphatic rings. The van der Waals surface area contributed by atoms with Crippen molar-refractivity contribution in [3.63, 3.8) is 0 Å². The summed E-state index contributed by atoms with van der Waals surface area (Å²) in [6.07, 6.45) is 2.53. The second kappa shape index (κ2) is 11.0. The van der Waals surface area contributed by atoms with Gasteiger partial charge in [-0.25, -0.2) is 4.98 Å². The van der Waals surface area contributed by atoms with Crippen LogP contribution in [0.5, 0.6) is 0 Å². The number of imidazole rings is 1. The Kier molecular flexibility index (Phi) is 8.11. The van der Waals surface area contributed by atoms with Gasteiger partial charge < -0.3 is 14.4 Å². The van der Waals surface area contributed by atoms with Crippen molar-refractivity contribution in [1.82, 2.24) is 9.55 Å². The van der Waals surface area contributed by atoms with Crippen molar-refractivity contribution in [1.29, 1.82) is 0 Å². The van der Waals surface area contributed by atoms with Gasteiger partial charge in [0.1, 0.15) is 5.25 Å². The Balaban J connectivity index is 1.82. The summed E-state index contributed by atoms with van der Waals surface area (Å²) in [7, 11) is 0. The molecule has 0 saturated carbocycles. The highest BCUT2D eigenvalue weighted by atomic mass is 32.2. The molecule has 0 unspecified atom stereocenters. The fourth-order valence-electron chi connectivity index (χ4n) is 3.47. The van der Waals surface area contributed by atoms with E-state index in [-0.39, 0.29) is 23.7 Å². The number of benzene rings is 2. The van der Waals surface area contributed by atoms with Gasteiger partial charge in [-0.1, -0.05) is 72.4 Å². The maximum absolute atomic E-state index is 12.0. The van der Waals surface area contributed by atoms with E-state index in [2.05, 4.69) is 53.5 Å². The molecule has 1 heterocycles. The third kappa shape index (κ3) is 5.52. The van der Waals surface area contributed by atoms with Crippen molar-refractivity contribution in [3.8, 4) is 0 Å². The summed E-state index contributed by atoms with van der Waals surface area (Å²) in [5.41, 5.74) is 3.25. The molecule has 6 heteroatoms. The quantitative estimate of drug-likeness (QED) is 0.379. The van der Waals surface area contributed by atoms with Crippen LogP contribution >= 0.6 is 11.8 Å². The van der Waals surface area contributed by atoms with Crippen LogP contribution in [0, 0.1) is 0 Å². The second-order valence-corrected chi connectivity index (χ2v) is 8.32. The largest absolute Gasteiger partial charge is 0.465 e. The molecular weight excluding hydrogens is 396 g/mol. The van der Waals surface area contributed by atoms with Crippen LogP contribution in [-0.2, 0) is 22.7 Å². The standard InChI is InChI=1S/C24H28N2O3S/c1-3-29-23(28)18(2)30-24-25-16-21(17-27)26(24)15-14-22(19-10-6-4-7-11-19)20-12-8-5-9-13-20/h4-13,16,18,22,27H,3,14-15,17H2,1-2H3/t18-/m1/s1. The van der Waals surface area contributed by atoms with Crippen LogP contribution < -0.4 is 0 Å². The lowest BCUT2D eigenvalue weighted by Gasteiger charge is -2.20. The summed E-state index contributed by atoms with van der Waals surface area (Å²) in [5, 5.41) is 10.2. The Morgan fingerprint density at radius 2 is 1.70 bits per heavy atom. The third-order valence-electron chi connectivity index (χ3n) is 5.01. The van der Waals surface area contributed by atoms with Crippen LogP contribution in [-0.4, -0.2) is 32.5 Å². The van der Waals surface area contributed by atoms with Gasteiger partial charge >= 0.3 is 5.97 Å². The summed E-state index contributed by atoms with van der Waals surface area (Å²) in [5.74, 6) is -0.0317. The van der Waals surface area contributed by atoms with E-state index in [9.17, 15) is 9.90 Å². The SMILES string of the molecule is CCOC(=O)[C@@H](C)Sc1ncc(CO)n1CCC(c1ccccc1)c1ccccc1. The zero-order valence-electron chi connectivity index (χ0n) is 17.4. The number of hydrogen-bond acceptors (Lipinski definition) is 5. The number of esters is 1. The van der Waals surface area contributed by atoms with Crippen LogP contribution in [0.4, 0.5) is 0 Å². The predicted molar refractivity (Wildman–Crippen MR) is 119 cm³/mol. The molecule has 0 saturated heterocycles. The summed E-state index contributed by atoms with van der Waals surface area (Å²) in [6, 6.07) is 20.9. The first-order valence-electron chi connectivity index (χ1n) is 10.2. The number of carbonyl (C=O) groups is 1. The van der Waals surface area contributed by atoms with Gasteiger partial charge in [0, 0.05) is 12.5 Å². The van der Waals surface area contributed by atoms with E-state index in [4.69, 9.17) is 4.74 Å². The van der Waals surface area contributed by atoms with Gasteiger partial charge in [0.15, 0.2) is 5.16 Å². The fraction of sp³-hybridized carbons (Fsp3) is 0.333. The van der Waals surface area contributed by atoms with Crippen molar-refractivity contribution in [2.75, 3.05) is 6.61 Å². The summed E-state index contributed by atoms with van der Waals surface area (Å²) in [4.78, 5) is 16.5. The Labute approximate surface area is 182 Å². The molecule has 0 fully saturated rings. The molecule has 1 aromatic heterocycles. The minimum absolute atomic E-state index is 0.0946. The topological polar surface area (TPSA) is 64.3 Å². The van der Waals surface area contributed by atoms with E-state index in [1.165, 1.54) is 22.9 Å². The lowest BCUT2D eigenvalue weighted by molar-refractivity contribution is -0.142. The highest BCUT2D eigenvalue weighted by Gasteiger charge is 2.21. The van der Waals surface area contributed by atoms with Crippen molar-refractivity contribution in [2.45, 2.75) is 49.7 Å². The fourth-order valence-corrected chi connectivity index (χ4v) is 4.40. The molecule has 0 bridgehead atoms. The van der Waals surface area contributed by atoms with E-state index in [1.54, 1.807) is 13.1 Å². The van der Waals surface area contributed by atoms with E-state index < -0.39 is 0 Å². The van der Waals surface area contributed by atoms with Gasteiger partial charge in [0.2, 0.25) is 0 Å². The molecule has 158 valence electrons. The molecule has 3 rings (SSSR count). The Morgan fingerprint density at radius 3 is 2.23 bits per heavy atom. The molecule has 1 N–H and O–H groups in total. The molecular formula is C24H28N2O3S. The average Bonchev–Trinajstić information content (AvgIpc) is 3.17. The first-order chi connectivity index (χ1) is 14.6.